The number of carbonyl (C=O) groups excluding carboxylic acids is 3. The molecule has 0 spiro atoms. The molecule has 0 radical (unpaired) electrons. The van der Waals surface area contributed by atoms with Crippen LogP contribution in [0.15, 0.2) is 96.7 Å². The smallest absolute Gasteiger partial charge is 0.331 e. The van der Waals surface area contributed by atoms with E-state index in [0.29, 0.717) is 25.7 Å². The Morgan fingerprint density at radius 2 is 1.60 bits per heavy atom. The summed E-state index contributed by atoms with van der Waals surface area (Å²) in [5.74, 6) is -0.984. The van der Waals surface area contributed by atoms with Crippen molar-refractivity contribution in [2.75, 3.05) is 0 Å². The molecule has 3 fully saturated rings. The van der Waals surface area contributed by atoms with E-state index in [1.807, 2.05) is 56.4 Å². The third-order valence-corrected chi connectivity index (χ3v) is 11.3. The quantitative estimate of drug-likeness (QED) is 0.0280. The number of unbranched alkanes of at least 4 members (excludes halogenated alkanes) is 2. The molecule has 58 heavy (non-hydrogen) atoms. The van der Waals surface area contributed by atoms with Crippen molar-refractivity contribution in [3.05, 3.63) is 96.7 Å². The van der Waals surface area contributed by atoms with Crippen LogP contribution in [-0.4, -0.2) is 95.8 Å². The van der Waals surface area contributed by atoms with Crippen molar-refractivity contribution in [3.63, 3.8) is 0 Å². The number of ether oxygens (including phenoxy) is 5. The molecule has 0 aromatic carbocycles. The van der Waals surface area contributed by atoms with E-state index in [4.69, 9.17) is 28.8 Å². The summed E-state index contributed by atoms with van der Waals surface area (Å²) in [4.78, 5) is 45.6. The average Bonchev–Trinajstić information content (AvgIpc) is 3.55. The molecule has 0 aromatic heterocycles. The van der Waals surface area contributed by atoms with E-state index >= 15 is 0 Å². The van der Waals surface area contributed by atoms with Gasteiger partial charge in [-0.2, -0.15) is 0 Å². The number of carbonyl (C=O) groups is 4. The van der Waals surface area contributed by atoms with Crippen LogP contribution in [-0.2, 0) is 42.9 Å². The maximum Gasteiger partial charge on any atom is 0.331 e. The molecule has 0 amide bonds. The molecule has 318 valence electrons. The van der Waals surface area contributed by atoms with E-state index in [2.05, 4.69) is 38.2 Å². The van der Waals surface area contributed by atoms with Crippen LogP contribution in [0.4, 0.5) is 0 Å². The van der Waals surface area contributed by atoms with Crippen molar-refractivity contribution in [2.45, 2.75) is 153 Å². The predicted molar refractivity (Wildman–Crippen MR) is 222 cm³/mol. The van der Waals surface area contributed by atoms with E-state index in [1.165, 1.54) is 12.2 Å². The van der Waals surface area contributed by atoms with Gasteiger partial charge in [0.25, 0.3) is 0 Å². The largest absolute Gasteiger partial charge is 0.481 e. The molecule has 0 aromatic rings. The number of hydrogen-bond acceptors (Lipinski definition) is 10. The summed E-state index contributed by atoms with van der Waals surface area (Å²) in [6, 6.07) is 0. The fourth-order valence-corrected chi connectivity index (χ4v) is 7.83. The lowest BCUT2D eigenvalue weighted by atomic mass is 9.88. The number of aliphatic hydroxyl groups is 1. The van der Waals surface area contributed by atoms with Gasteiger partial charge in [-0.25, -0.2) is 4.79 Å². The van der Waals surface area contributed by atoms with Crippen molar-refractivity contribution in [1.82, 2.24) is 0 Å². The van der Waals surface area contributed by atoms with Crippen molar-refractivity contribution in [1.29, 1.82) is 0 Å². The molecule has 0 unspecified atom stereocenters. The highest BCUT2D eigenvalue weighted by molar-refractivity contribution is 5.82. The standard InChI is InChI=1S/C47H64O11/c1-32(18-14-15-23-45(51)52)28-33(2)47-42(26-25-36(55-47)19-11-7-5-6-10-16-27-48)58-46(53)24-13-9-8-12-20-41-44-30-43(57-41)35(4)40(56-44)22-17-21-39-34(3)38(50)29-37(31-49)54-39/h7-13,16-17,20,22,24-28,31-32,34-44,47,50H,5-6,14-15,18-19,21,23,29-30H2,1-4H3,(H,51,52)/b9-8-,11-7+,16-10+,20-12+,22-17+,24-13-,33-28+/t32-,34-,35+,36+,37-,38+,39-,40+,41-,42-,43-,44-,47+/m1/s1. The molecule has 4 rings (SSSR count). The number of rotatable bonds is 22. The monoisotopic (exact) mass is 804 g/mol. The maximum absolute atomic E-state index is 13.0. The molecule has 0 aliphatic carbocycles. The summed E-state index contributed by atoms with van der Waals surface area (Å²) < 4.78 is 30.9. The molecule has 0 saturated carbocycles. The molecule has 13 atom stereocenters. The van der Waals surface area contributed by atoms with Gasteiger partial charge in [-0.15, -0.1) is 0 Å². The van der Waals surface area contributed by atoms with Crippen LogP contribution >= 0.6 is 0 Å². The summed E-state index contributed by atoms with van der Waals surface area (Å²) in [5.41, 5.74) is 0.951. The minimum Gasteiger partial charge on any atom is -0.481 e. The third-order valence-electron chi connectivity index (χ3n) is 11.3. The Hall–Kier alpha value is -4.00. The van der Waals surface area contributed by atoms with Crippen LogP contribution in [0.2, 0.25) is 0 Å². The first-order valence-corrected chi connectivity index (χ1v) is 21.0. The predicted octanol–water partition coefficient (Wildman–Crippen LogP) is 7.46. The highest BCUT2D eigenvalue weighted by Gasteiger charge is 2.45. The number of esters is 1. The fourth-order valence-electron chi connectivity index (χ4n) is 7.83. The maximum atomic E-state index is 13.0. The molecular weight excluding hydrogens is 741 g/mol. The first-order valence-electron chi connectivity index (χ1n) is 21.0. The van der Waals surface area contributed by atoms with Gasteiger partial charge in [0.05, 0.1) is 36.6 Å². The number of carboxylic acid groups (broad SMARTS) is 1. The molecule has 2 N–H and O–H groups in total. The summed E-state index contributed by atoms with van der Waals surface area (Å²) >= 11 is 0. The zero-order valence-electron chi connectivity index (χ0n) is 34.5. The van der Waals surface area contributed by atoms with E-state index in [9.17, 15) is 24.3 Å². The van der Waals surface area contributed by atoms with Gasteiger partial charge in [-0.1, -0.05) is 100 Å². The second-order valence-electron chi connectivity index (χ2n) is 15.9. The molecule has 4 aliphatic heterocycles. The number of aldehydes is 2. The summed E-state index contributed by atoms with van der Waals surface area (Å²) in [6.07, 6.45) is 32.9. The van der Waals surface area contributed by atoms with Crippen molar-refractivity contribution in [3.8, 4) is 0 Å². The Kier molecular flexibility index (Phi) is 20.0. The number of hydrogen-bond donors (Lipinski definition) is 2. The van der Waals surface area contributed by atoms with E-state index in [-0.39, 0.29) is 60.8 Å². The van der Waals surface area contributed by atoms with Gasteiger partial charge in [-0.3, -0.25) is 9.59 Å². The van der Waals surface area contributed by atoms with E-state index < -0.39 is 36.4 Å². The molecule has 11 nitrogen and oxygen atoms in total. The molecular formula is C47H64O11. The Bertz CT molecular complexity index is 1570. The van der Waals surface area contributed by atoms with Gasteiger partial charge < -0.3 is 38.7 Å². The Balaban J connectivity index is 1.28. The normalized spacial score (nSPS) is 33.6. The Morgan fingerprint density at radius 3 is 2.38 bits per heavy atom. The second-order valence-corrected chi connectivity index (χ2v) is 15.9. The second kappa shape index (κ2) is 24.8. The zero-order valence-corrected chi connectivity index (χ0v) is 34.5. The van der Waals surface area contributed by atoms with Crippen molar-refractivity contribution >= 4 is 24.5 Å². The highest BCUT2D eigenvalue weighted by Crippen LogP contribution is 2.38. The lowest BCUT2D eigenvalue weighted by molar-refractivity contribution is -0.148. The molecule has 2 bridgehead atoms. The summed E-state index contributed by atoms with van der Waals surface area (Å²) in [6.45, 7) is 8.14. The van der Waals surface area contributed by atoms with Gasteiger partial charge in [0.1, 0.15) is 30.9 Å². The van der Waals surface area contributed by atoms with Gasteiger partial charge in [0.15, 0.2) is 6.10 Å². The van der Waals surface area contributed by atoms with Crippen LogP contribution in [0, 0.1) is 17.8 Å². The molecule has 4 heterocycles. The first-order chi connectivity index (χ1) is 28.0. The van der Waals surface area contributed by atoms with Crippen molar-refractivity contribution < 1.29 is 53.1 Å². The number of carboxylic acids is 1. The first kappa shape index (κ1) is 46.7. The minimum absolute atomic E-state index is 0.0619. The SMILES string of the molecule is C/C(=C\[C@H](C)CCCCC(=O)O)[C@@H]1O[C@@H](C/C=C/CC/C=C/C=O)C=C[C@H]1OC(=O)\C=C/C=C\C=C\[C@H]1O[C@@H]2C[C@H]1O[C@@H](/C=C/C[C@H]1O[C@@H](C=O)C[C@H](O)[C@H]1C)[C@@H]2C. The number of allylic oxidation sites excluding steroid dienone is 8. The molecule has 3 saturated heterocycles. The molecule has 11 heteroatoms. The Morgan fingerprint density at radius 1 is 0.828 bits per heavy atom. The van der Waals surface area contributed by atoms with E-state index in [1.54, 1.807) is 12.2 Å². The fraction of sp³-hybridized carbons (Fsp3) is 0.574. The minimum atomic E-state index is -0.786. The van der Waals surface area contributed by atoms with Gasteiger partial charge in [0, 0.05) is 37.2 Å². The van der Waals surface area contributed by atoms with Gasteiger partial charge in [-0.05, 0) is 69.1 Å². The van der Waals surface area contributed by atoms with Crippen LogP contribution in [0.5, 0.6) is 0 Å². The summed E-state index contributed by atoms with van der Waals surface area (Å²) in [5, 5.41) is 19.3. The van der Waals surface area contributed by atoms with Gasteiger partial charge >= 0.3 is 11.9 Å². The lowest BCUT2D eigenvalue weighted by Crippen LogP contribution is -2.43. The topological polar surface area (TPSA) is 155 Å². The molecule has 4 aliphatic rings. The van der Waals surface area contributed by atoms with Crippen molar-refractivity contribution in [2.24, 2.45) is 17.8 Å². The number of aliphatic carboxylic acids is 1. The summed E-state index contributed by atoms with van der Waals surface area (Å²) in [7, 11) is 0. The number of aliphatic hydroxyl groups excluding tert-OH is 1. The number of fused-ring (bicyclic) bond motifs is 2. The van der Waals surface area contributed by atoms with Crippen LogP contribution in [0.25, 0.3) is 0 Å². The average molecular weight is 805 g/mol. The third kappa shape index (κ3) is 15.3. The lowest BCUT2D eigenvalue weighted by Gasteiger charge is -2.36. The van der Waals surface area contributed by atoms with Gasteiger partial charge in [0.2, 0.25) is 0 Å². The highest BCUT2D eigenvalue weighted by atomic mass is 16.6. The van der Waals surface area contributed by atoms with Crippen LogP contribution in [0.3, 0.4) is 0 Å². The zero-order chi connectivity index (χ0) is 41.9. The Labute approximate surface area is 344 Å². The van der Waals surface area contributed by atoms with Crippen LogP contribution in [0.1, 0.15) is 91.9 Å². The van der Waals surface area contributed by atoms with E-state index in [0.717, 1.165) is 50.2 Å². The van der Waals surface area contributed by atoms with Crippen LogP contribution < -0.4 is 0 Å².